The van der Waals surface area contributed by atoms with Gasteiger partial charge in [-0.25, -0.2) is 9.52 Å². The molecule has 1 aliphatic carbocycles. The molecule has 0 saturated heterocycles. The molecule has 0 radical (unpaired) electrons. The molecule has 0 unspecified atom stereocenters. The van der Waals surface area contributed by atoms with Crippen molar-refractivity contribution in [3.63, 3.8) is 0 Å². The molecule has 0 aliphatic heterocycles. The van der Waals surface area contributed by atoms with Crippen molar-refractivity contribution in [2.45, 2.75) is 58.1 Å². The smallest absolute Gasteiger partial charge is 0.422 e. The van der Waals surface area contributed by atoms with E-state index >= 15 is 0 Å². The van der Waals surface area contributed by atoms with Crippen molar-refractivity contribution in [2.24, 2.45) is 5.92 Å². The molecule has 0 atom stereocenters. The van der Waals surface area contributed by atoms with Crippen molar-refractivity contribution >= 4 is 32.2 Å². The molecule has 0 spiro atoms. The van der Waals surface area contributed by atoms with Crippen LogP contribution in [0.2, 0.25) is 0 Å². The van der Waals surface area contributed by atoms with E-state index in [0.29, 0.717) is 11.2 Å². The molecule has 1 rings (SSSR count). The van der Waals surface area contributed by atoms with Gasteiger partial charge in [-0.2, -0.15) is 13.1 Å². The minimum Gasteiger partial charge on any atom is -0.446 e. The number of rotatable bonds is 5. The number of alkyl halides is 1. The SMILES string of the molecule is CC1CCC(CBr)(NS(=O)(=O)NC(=O)OC(C)C)CC1. The Morgan fingerprint density at radius 3 is 2.40 bits per heavy atom. The normalized spacial score (nSPS) is 27.4. The van der Waals surface area contributed by atoms with Gasteiger partial charge in [0, 0.05) is 10.9 Å². The zero-order valence-corrected chi connectivity index (χ0v) is 14.5. The summed E-state index contributed by atoms with van der Waals surface area (Å²) in [6, 6.07) is 0. The number of hydrogen-bond donors (Lipinski definition) is 2. The first-order chi connectivity index (χ1) is 9.18. The molecule has 118 valence electrons. The third kappa shape index (κ3) is 5.57. The van der Waals surface area contributed by atoms with Gasteiger partial charge in [-0.1, -0.05) is 22.9 Å². The number of carbonyl (C=O) groups is 1. The summed E-state index contributed by atoms with van der Waals surface area (Å²) in [6.45, 7) is 5.47. The molecule has 0 aromatic carbocycles. The van der Waals surface area contributed by atoms with E-state index in [9.17, 15) is 13.2 Å². The number of hydrogen-bond acceptors (Lipinski definition) is 4. The zero-order chi connectivity index (χ0) is 15.4. The fourth-order valence-corrected chi connectivity index (χ4v) is 4.29. The second kappa shape index (κ2) is 7.09. The van der Waals surface area contributed by atoms with Crippen LogP contribution in [0.3, 0.4) is 0 Å². The lowest BCUT2D eigenvalue weighted by Crippen LogP contribution is -2.56. The van der Waals surface area contributed by atoms with Crippen molar-refractivity contribution in [3.05, 3.63) is 0 Å². The summed E-state index contributed by atoms with van der Waals surface area (Å²) in [7, 11) is -3.92. The second-order valence-corrected chi connectivity index (χ2v) is 7.73. The van der Waals surface area contributed by atoms with Gasteiger partial charge in [0.25, 0.3) is 0 Å². The Bertz CT molecular complexity index is 431. The lowest BCUT2D eigenvalue weighted by molar-refractivity contribution is 0.121. The maximum atomic E-state index is 12.0. The molecule has 20 heavy (non-hydrogen) atoms. The first kappa shape index (κ1) is 17.7. The second-order valence-electron chi connectivity index (χ2n) is 5.76. The van der Waals surface area contributed by atoms with Crippen molar-refractivity contribution in [1.29, 1.82) is 0 Å². The van der Waals surface area contributed by atoms with Crippen LogP contribution < -0.4 is 9.44 Å². The Labute approximate surface area is 129 Å². The standard InChI is InChI=1S/C12H23BrN2O4S/c1-9(2)19-11(16)14-20(17,18)15-12(8-13)6-4-10(3)5-7-12/h9-10,15H,4-8H2,1-3H3,(H,14,16). The van der Waals surface area contributed by atoms with Crippen molar-refractivity contribution in [3.8, 4) is 0 Å². The van der Waals surface area contributed by atoms with Crippen molar-refractivity contribution < 1.29 is 17.9 Å². The average Bonchev–Trinajstić information content (AvgIpc) is 2.30. The van der Waals surface area contributed by atoms with Crippen LogP contribution in [-0.4, -0.2) is 31.5 Å². The molecule has 1 aliphatic rings. The Kier molecular flexibility index (Phi) is 6.27. The van der Waals surface area contributed by atoms with Crippen LogP contribution in [0.4, 0.5) is 4.79 Å². The van der Waals surface area contributed by atoms with Gasteiger partial charge in [0.05, 0.1) is 6.10 Å². The fourth-order valence-electron chi connectivity index (χ4n) is 2.24. The topological polar surface area (TPSA) is 84.5 Å². The Balaban J connectivity index is 2.66. The van der Waals surface area contributed by atoms with Crippen LogP contribution in [0.5, 0.6) is 0 Å². The minimum atomic E-state index is -3.92. The van der Waals surface area contributed by atoms with Crippen LogP contribution in [0.15, 0.2) is 0 Å². The summed E-state index contributed by atoms with van der Waals surface area (Å²) in [6.07, 6.45) is 2.10. The van der Waals surface area contributed by atoms with E-state index in [4.69, 9.17) is 4.74 Å². The quantitative estimate of drug-likeness (QED) is 0.727. The highest BCUT2D eigenvalue weighted by molar-refractivity contribution is 9.09. The van der Waals surface area contributed by atoms with Crippen LogP contribution in [0, 0.1) is 5.92 Å². The maximum absolute atomic E-state index is 12.0. The third-order valence-electron chi connectivity index (χ3n) is 3.40. The number of nitrogens with one attached hydrogen (secondary N) is 2. The monoisotopic (exact) mass is 370 g/mol. The van der Waals surface area contributed by atoms with E-state index in [1.54, 1.807) is 13.8 Å². The highest BCUT2D eigenvalue weighted by Crippen LogP contribution is 2.33. The van der Waals surface area contributed by atoms with Gasteiger partial charge in [0.15, 0.2) is 0 Å². The largest absolute Gasteiger partial charge is 0.446 e. The number of ether oxygens (including phenoxy) is 1. The lowest BCUT2D eigenvalue weighted by Gasteiger charge is -2.38. The van der Waals surface area contributed by atoms with E-state index in [2.05, 4.69) is 27.6 Å². The van der Waals surface area contributed by atoms with E-state index in [0.717, 1.165) is 25.7 Å². The van der Waals surface area contributed by atoms with Gasteiger partial charge in [-0.15, -0.1) is 0 Å². The number of halogens is 1. The predicted octanol–water partition coefficient (Wildman–Crippen LogP) is 2.30. The fraction of sp³-hybridized carbons (Fsp3) is 0.917. The summed E-state index contributed by atoms with van der Waals surface area (Å²) in [5.41, 5.74) is -0.531. The van der Waals surface area contributed by atoms with Crippen LogP contribution in [0.1, 0.15) is 46.5 Å². The molecule has 0 aromatic heterocycles. The highest BCUT2D eigenvalue weighted by atomic mass is 79.9. The van der Waals surface area contributed by atoms with Crippen LogP contribution in [0.25, 0.3) is 0 Å². The maximum Gasteiger partial charge on any atom is 0.422 e. The van der Waals surface area contributed by atoms with Crippen LogP contribution in [-0.2, 0) is 14.9 Å². The molecule has 6 nitrogen and oxygen atoms in total. The van der Waals surface area contributed by atoms with E-state index in [1.807, 2.05) is 4.72 Å². The van der Waals surface area contributed by atoms with E-state index < -0.39 is 21.8 Å². The Hall–Kier alpha value is -0.340. The number of amides is 1. The molecule has 2 N–H and O–H groups in total. The summed E-state index contributed by atoms with van der Waals surface area (Å²) in [4.78, 5) is 11.4. The zero-order valence-electron chi connectivity index (χ0n) is 12.1. The first-order valence-corrected chi connectivity index (χ1v) is 9.37. The summed E-state index contributed by atoms with van der Waals surface area (Å²) in [5.74, 6) is 0.602. The molecule has 0 heterocycles. The average molecular weight is 371 g/mol. The van der Waals surface area contributed by atoms with Gasteiger partial charge >= 0.3 is 16.3 Å². The number of carbonyl (C=O) groups excluding carboxylic acids is 1. The predicted molar refractivity (Wildman–Crippen MR) is 81.0 cm³/mol. The summed E-state index contributed by atoms with van der Waals surface area (Å²) >= 11 is 3.38. The molecule has 1 fully saturated rings. The molecular weight excluding hydrogens is 348 g/mol. The lowest BCUT2D eigenvalue weighted by atomic mass is 9.79. The molecule has 0 bridgehead atoms. The highest BCUT2D eigenvalue weighted by Gasteiger charge is 2.37. The van der Waals surface area contributed by atoms with E-state index in [-0.39, 0.29) is 6.10 Å². The van der Waals surface area contributed by atoms with Gasteiger partial charge in [-0.05, 0) is 45.4 Å². The molecular formula is C12H23BrN2O4S. The summed E-state index contributed by atoms with van der Waals surface area (Å²) in [5, 5.41) is 0.521. The first-order valence-electron chi connectivity index (χ1n) is 6.76. The van der Waals surface area contributed by atoms with Crippen molar-refractivity contribution in [2.75, 3.05) is 5.33 Å². The van der Waals surface area contributed by atoms with Crippen molar-refractivity contribution in [1.82, 2.24) is 9.44 Å². The molecule has 0 aromatic rings. The minimum absolute atomic E-state index is 0.370. The van der Waals surface area contributed by atoms with Gasteiger partial charge in [-0.3, -0.25) is 0 Å². The van der Waals surface area contributed by atoms with Gasteiger partial charge in [0.2, 0.25) is 0 Å². The molecule has 1 saturated carbocycles. The van der Waals surface area contributed by atoms with Gasteiger partial charge < -0.3 is 4.74 Å². The Morgan fingerprint density at radius 2 is 1.95 bits per heavy atom. The van der Waals surface area contributed by atoms with Crippen LogP contribution >= 0.6 is 15.9 Å². The van der Waals surface area contributed by atoms with E-state index in [1.165, 1.54) is 0 Å². The summed E-state index contributed by atoms with van der Waals surface area (Å²) < 4.78 is 33.2. The molecule has 1 amide bonds. The third-order valence-corrected chi connectivity index (χ3v) is 5.61. The van der Waals surface area contributed by atoms with Gasteiger partial charge in [0.1, 0.15) is 0 Å². The molecule has 8 heteroatoms. The Morgan fingerprint density at radius 1 is 1.40 bits per heavy atom.